The predicted molar refractivity (Wildman–Crippen MR) is 111 cm³/mol. The van der Waals surface area contributed by atoms with Crippen LogP contribution in [0.2, 0.25) is 0 Å². The van der Waals surface area contributed by atoms with Gasteiger partial charge in [0.05, 0.1) is 19.8 Å². The zero-order chi connectivity index (χ0) is 20.5. The summed E-state index contributed by atoms with van der Waals surface area (Å²) in [6.07, 6.45) is 0. The van der Waals surface area contributed by atoms with Crippen molar-refractivity contribution < 1.29 is 14.3 Å². The van der Waals surface area contributed by atoms with Crippen LogP contribution in [0.25, 0.3) is 0 Å². The molecule has 0 amide bonds. The molecule has 2 aliphatic heterocycles. The fourth-order valence-corrected chi connectivity index (χ4v) is 5.22. The fourth-order valence-electron chi connectivity index (χ4n) is 3.92. The van der Waals surface area contributed by atoms with Gasteiger partial charge in [-0.15, -0.1) is 5.10 Å². The number of nitrogens with zero attached hydrogens (tertiary/aromatic N) is 5. The largest absolute Gasteiger partial charge is 0.493 e. The molecule has 9 heteroatoms. The summed E-state index contributed by atoms with van der Waals surface area (Å²) in [4.78, 5) is 22.3. The molecule has 0 spiro atoms. The molecule has 0 aliphatic carbocycles. The van der Waals surface area contributed by atoms with Gasteiger partial charge in [0.25, 0.3) is 5.91 Å². The fraction of sp³-hybridized carbons (Fsp3) is 0.550. The van der Waals surface area contributed by atoms with Gasteiger partial charge in [-0.3, -0.25) is 9.69 Å². The first kappa shape index (κ1) is 20.2. The number of fused-ring (bicyclic) bond motifs is 1. The minimum atomic E-state index is -0.295. The number of benzene rings is 1. The number of likely N-dealkylation sites (N-methyl/N-ethyl adjacent to an activating group) is 1. The van der Waals surface area contributed by atoms with Crippen molar-refractivity contribution >= 4 is 17.7 Å². The first-order valence-corrected chi connectivity index (χ1v) is 10.8. The topological polar surface area (TPSA) is 72.7 Å². The van der Waals surface area contributed by atoms with Crippen molar-refractivity contribution in [2.45, 2.75) is 30.3 Å². The van der Waals surface area contributed by atoms with E-state index in [9.17, 15) is 4.79 Å². The van der Waals surface area contributed by atoms with E-state index >= 15 is 0 Å². The van der Waals surface area contributed by atoms with Crippen molar-refractivity contribution in [3.05, 3.63) is 29.6 Å². The van der Waals surface area contributed by atoms with E-state index in [0.717, 1.165) is 31.7 Å². The Morgan fingerprint density at radius 3 is 2.66 bits per heavy atom. The Morgan fingerprint density at radius 1 is 1.24 bits per heavy atom. The maximum absolute atomic E-state index is 13.2. The van der Waals surface area contributed by atoms with E-state index in [2.05, 4.69) is 26.9 Å². The summed E-state index contributed by atoms with van der Waals surface area (Å²) in [7, 11) is 3.77. The van der Waals surface area contributed by atoms with Crippen molar-refractivity contribution in [3.8, 4) is 11.5 Å². The Bertz CT molecular complexity index is 894. The molecular weight excluding hydrogens is 390 g/mol. The lowest BCUT2D eigenvalue weighted by molar-refractivity contribution is 0.0766. The Kier molecular flexibility index (Phi) is 5.80. The monoisotopic (exact) mass is 417 g/mol. The Balaban J connectivity index is 1.70. The third-order valence-corrected chi connectivity index (χ3v) is 6.60. The van der Waals surface area contributed by atoms with Gasteiger partial charge in [-0.1, -0.05) is 17.8 Å². The lowest BCUT2D eigenvalue weighted by atomic mass is 9.99. The smallest absolute Gasteiger partial charge is 0.264 e. The molecule has 0 bridgehead atoms. The normalized spacial score (nSPS) is 21.2. The van der Waals surface area contributed by atoms with Crippen LogP contribution >= 0.6 is 11.8 Å². The van der Waals surface area contributed by atoms with Crippen LogP contribution in [0.3, 0.4) is 0 Å². The molecule has 4 rings (SSSR count). The van der Waals surface area contributed by atoms with Crippen LogP contribution in [-0.2, 0) is 0 Å². The number of methoxy groups -OCH3 is 1. The number of hydrogen-bond acceptors (Lipinski definition) is 8. The van der Waals surface area contributed by atoms with Crippen LogP contribution in [0.5, 0.6) is 11.5 Å². The van der Waals surface area contributed by atoms with E-state index in [-0.39, 0.29) is 17.2 Å². The molecule has 8 nitrogen and oxygen atoms in total. The number of piperazine rings is 1. The zero-order valence-corrected chi connectivity index (χ0v) is 18.1. The van der Waals surface area contributed by atoms with Crippen molar-refractivity contribution in [1.82, 2.24) is 24.6 Å². The molecule has 0 saturated carbocycles. The molecule has 0 radical (unpaired) electrons. The number of carbonyl (C=O) groups is 1. The van der Waals surface area contributed by atoms with Crippen molar-refractivity contribution in [1.29, 1.82) is 0 Å². The van der Waals surface area contributed by atoms with E-state index in [1.165, 1.54) is 16.4 Å². The average Bonchev–Trinajstić information content (AvgIpc) is 3.22. The first-order chi connectivity index (χ1) is 14.0. The highest BCUT2D eigenvalue weighted by Gasteiger charge is 2.43. The van der Waals surface area contributed by atoms with Crippen molar-refractivity contribution in [3.63, 3.8) is 0 Å². The molecule has 1 saturated heterocycles. The summed E-state index contributed by atoms with van der Waals surface area (Å²) in [5.41, 5.74) is 1.04. The van der Waals surface area contributed by atoms with Crippen molar-refractivity contribution in [2.75, 3.05) is 46.9 Å². The number of thioether (sulfide) groups is 1. The minimum Gasteiger partial charge on any atom is -0.493 e. The molecule has 2 aromatic rings. The van der Waals surface area contributed by atoms with Crippen LogP contribution in [0, 0.1) is 6.92 Å². The van der Waals surface area contributed by atoms with Crippen LogP contribution in [0.1, 0.15) is 29.1 Å². The second kappa shape index (κ2) is 8.33. The molecular formula is C20H27N5O3S. The number of carbonyl (C=O) groups excluding carboxylic acids is 1. The molecule has 29 heavy (non-hydrogen) atoms. The third kappa shape index (κ3) is 3.86. The molecule has 1 aromatic carbocycles. The molecule has 2 aliphatic rings. The highest BCUT2D eigenvalue weighted by molar-refractivity contribution is 8.00. The highest BCUT2D eigenvalue weighted by atomic mass is 32.2. The van der Waals surface area contributed by atoms with Gasteiger partial charge in [-0.2, -0.15) is 4.68 Å². The molecule has 2 atom stereocenters. The van der Waals surface area contributed by atoms with E-state index in [0.29, 0.717) is 29.1 Å². The van der Waals surface area contributed by atoms with Gasteiger partial charge in [0.2, 0.25) is 0 Å². The maximum atomic E-state index is 13.2. The van der Waals surface area contributed by atoms with Gasteiger partial charge in [0.1, 0.15) is 11.1 Å². The van der Waals surface area contributed by atoms with Crippen molar-refractivity contribution in [2.24, 2.45) is 0 Å². The summed E-state index contributed by atoms with van der Waals surface area (Å²) < 4.78 is 12.7. The molecule has 0 N–H and O–H groups in total. The number of hydrogen-bond donors (Lipinski definition) is 0. The van der Waals surface area contributed by atoms with E-state index in [1.54, 1.807) is 7.11 Å². The summed E-state index contributed by atoms with van der Waals surface area (Å²) >= 11 is 1.50. The van der Waals surface area contributed by atoms with Crippen LogP contribution in [0.4, 0.5) is 0 Å². The number of aryl methyl sites for hydroxylation is 1. The minimum absolute atomic E-state index is 0.0117. The van der Waals surface area contributed by atoms with Gasteiger partial charge >= 0.3 is 0 Å². The summed E-state index contributed by atoms with van der Waals surface area (Å²) in [5.74, 6) is 2.01. The Labute approximate surface area is 175 Å². The number of aromatic nitrogens is 3. The van der Waals surface area contributed by atoms with E-state index < -0.39 is 0 Å². The quantitative estimate of drug-likeness (QED) is 0.708. The van der Waals surface area contributed by atoms with Gasteiger partial charge in [-0.25, -0.2) is 4.98 Å². The van der Waals surface area contributed by atoms with Gasteiger partial charge < -0.3 is 14.4 Å². The highest BCUT2D eigenvalue weighted by Crippen LogP contribution is 2.43. The van der Waals surface area contributed by atoms with Crippen LogP contribution in [-0.4, -0.2) is 82.7 Å². The second-order valence-corrected chi connectivity index (χ2v) is 8.47. The molecule has 3 heterocycles. The average molecular weight is 418 g/mol. The van der Waals surface area contributed by atoms with Gasteiger partial charge in [0, 0.05) is 26.2 Å². The van der Waals surface area contributed by atoms with E-state index in [1.807, 2.05) is 32.0 Å². The summed E-state index contributed by atoms with van der Waals surface area (Å²) in [6.45, 7) is 8.07. The maximum Gasteiger partial charge on any atom is 0.264 e. The standard InChI is InChI=1S/C20H27N5O3S/c1-5-28-15-7-6-14(12-16(15)27-4)17(24-10-8-23(3)9-11-24)18-19(26)25-20(29-18)21-13(2)22-25/h6-7,12,17-18H,5,8-11H2,1-4H3. The molecule has 2 unspecified atom stereocenters. The second-order valence-electron chi connectivity index (χ2n) is 7.36. The first-order valence-electron chi connectivity index (χ1n) is 9.89. The van der Waals surface area contributed by atoms with E-state index in [4.69, 9.17) is 9.47 Å². The SMILES string of the molecule is CCOc1ccc(C(C2Sc3nc(C)nn3C2=O)N2CCN(C)CC2)cc1OC. The summed E-state index contributed by atoms with van der Waals surface area (Å²) in [6, 6.07) is 5.90. The number of ether oxygens (including phenoxy) is 2. The van der Waals surface area contributed by atoms with Gasteiger partial charge in [-0.05, 0) is 38.6 Å². The zero-order valence-electron chi connectivity index (χ0n) is 17.3. The van der Waals surface area contributed by atoms with Crippen LogP contribution < -0.4 is 9.47 Å². The Hall–Kier alpha value is -2.10. The lowest BCUT2D eigenvalue weighted by Gasteiger charge is -2.39. The van der Waals surface area contributed by atoms with Crippen LogP contribution in [0.15, 0.2) is 23.4 Å². The van der Waals surface area contributed by atoms with Gasteiger partial charge in [0.15, 0.2) is 16.7 Å². The Morgan fingerprint density at radius 2 is 2.00 bits per heavy atom. The molecule has 1 fully saturated rings. The number of rotatable bonds is 6. The molecule has 1 aromatic heterocycles. The third-order valence-electron chi connectivity index (χ3n) is 5.41. The predicted octanol–water partition coefficient (Wildman–Crippen LogP) is 2.10. The summed E-state index contributed by atoms with van der Waals surface area (Å²) in [5, 5.41) is 4.67. The molecule has 156 valence electrons. The lowest BCUT2D eigenvalue weighted by Crippen LogP contribution is -2.49.